The van der Waals surface area contributed by atoms with Crippen LogP contribution in [0.3, 0.4) is 0 Å². The molecule has 2 nitrogen and oxygen atoms in total. The lowest BCUT2D eigenvalue weighted by molar-refractivity contribution is 0.314. The molecule has 1 rings (SSSR count). The van der Waals surface area contributed by atoms with Crippen LogP contribution in [-0.4, -0.2) is 12.2 Å². The van der Waals surface area contributed by atoms with E-state index in [1.807, 2.05) is 0 Å². The monoisotopic (exact) mass is 123 g/mol. The van der Waals surface area contributed by atoms with Gasteiger partial charge in [0.25, 0.3) is 0 Å². The third kappa shape index (κ3) is 1.08. The Balaban J connectivity index is 2.44. The minimum Gasteiger partial charge on any atom is -0.313 e. The topological polar surface area (TPSA) is 40.9 Å². The highest BCUT2D eigenvalue weighted by Gasteiger charge is 2.26. The van der Waals surface area contributed by atoms with Crippen LogP contribution in [0.1, 0.15) is 12.8 Å². The molecule has 0 spiro atoms. The normalized spacial score (nSPS) is 32.0. The Labute approximate surface area is 54.1 Å². The lowest BCUT2D eigenvalue weighted by Crippen LogP contribution is -2.24. The van der Waals surface area contributed by atoms with E-state index in [0.717, 1.165) is 12.8 Å². The fourth-order valence-corrected chi connectivity index (χ4v) is 1.05. The summed E-state index contributed by atoms with van der Waals surface area (Å²) in [5, 5.41) is 6.89. The van der Waals surface area contributed by atoms with Crippen LogP contribution in [0, 0.1) is 17.2 Å². The molecule has 0 bridgehead atoms. The second-order valence-electron chi connectivity index (χ2n) is 2.36. The molecule has 48 valence electrons. The first-order valence-electron chi connectivity index (χ1n) is 3.10. The summed E-state index contributed by atoms with van der Waals surface area (Å²) in [4.78, 5) is 9.81. The molecule has 1 saturated carbocycles. The van der Waals surface area contributed by atoms with Crippen molar-refractivity contribution in [3.05, 3.63) is 6.08 Å². The smallest absolute Gasteiger partial charge is 0.120 e. The van der Waals surface area contributed by atoms with Crippen molar-refractivity contribution >= 4 is 12.2 Å². The number of allylic oxidation sites excluding steroid dienone is 1. The van der Waals surface area contributed by atoms with E-state index in [1.165, 1.54) is 12.3 Å². The zero-order valence-corrected chi connectivity index (χ0v) is 5.13. The van der Waals surface area contributed by atoms with Crippen molar-refractivity contribution in [1.82, 2.24) is 0 Å². The molecule has 0 aromatic carbocycles. The largest absolute Gasteiger partial charge is 0.313 e. The summed E-state index contributed by atoms with van der Waals surface area (Å²) in [6, 6.07) is 0. The van der Waals surface area contributed by atoms with Gasteiger partial charge in [-0.25, -0.2) is 4.79 Å². The summed E-state index contributed by atoms with van der Waals surface area (Å²) in [6.07, 6.45) is 5.06. The lowest BCUT2D eigenvalue weighted by atomic mass is 9.75. The first kappa shape index (κ1) is 6.24. The van der Waals surface area contributed by atoms with Crippen molar-refractivity contribution in [1.29, 1.82) is 5.41 Å². The van der Waals surface area contributed by atoms with Crippen LogP contribution in [-0.2, 0) is 4.79 Å². The number of nitrogens with one attached hydrogen (secondary N) is 1. The van der Waals surface area contributed by atoms with Gasteiger partial charge in [0.1, 0.15) is 5.94 Å². The van der Waals surface area contributed by atoms with Gasteiger partial charge < -0.3 is 5.41 Å². The molecule has 0 radical (unpaired) electrons. The summed E-state index contributed by atoms with van der Waals surface area (Å²) in [5.74, 6) is 2.40. The zero-order chi connectivity index (χ0) is 6.69. The minimum absolute atomic E-state index is 0.319. The van der Waals surface area contributed by atoms with Crippen LogP contribution < -0.4 is 0 Å². The molecule has 1 aliphatic rings. The van der Waals surface area contributed by atoms with Gasteiger partial charge in [0.15, 0.2) is 0 Å². The van der Waals surface area contributed by atoms with Gasteiger partial charge in [-0.2, -0.15) is 0 Å². The van der Waals surface area contributed by atoms with Crippen molar-refractivity contribution in [2.75, 3.05) is 0 Å². The lowest BCUT2D eigenvalue weighted by Gasteiger charge is -2.29. The zero-order valence-electron chi connectivity index (χ0n) is 5.13. The van der Waals surface area contributed by atoms with E-state index in [-0.39, 0.29) is 0 Å². The van der Waals surface area contributed by atoms with E-state index in [0.29, 0.717) is 11.8 Å². The van der Waals surface area contributed by atoms with Crippen LogP contribution in [0.4, 0.5) is 0 Å². The Hall–Kier alpha value is -0.880. The van der Waals surface area contributed by atoms with Crippen molar-refractivity contribution in [3.8, 4) is 0 Å². The molecule has 0 saturated heterocycles. The van der Waals surface area contributed by atoms with Gasteiger partial charge in [0, 0.05) is 12.0 Å². The molecule has 2 atom stereocenters. The highest BCUT2D eigenvalue weighted by atomic mass is 16.1. The molecule has 1 fully saturated rings. The minimum atomic E-state index is 0.319. The van der Waals surface area contributed by atoms with Gasteiger partial charge in [-0.3, -0.25) is 0 Å². The molecule has 0 heterocycles. The molecule has 1 aliphatic carbocycles. The van der Waals surface area contributed by atoms with Crippen LogP contribution in [0.25, 0.3) is 0 Å². The Bertz CT molecular complexity index is 158. The summed E-state index contributed by atoms with van der Waals surface area (Å²) in [5.41, 5.74) is 0. The number of rotatable bonds is 2. The Morgan fingerprint density at radius 2 is 2.11 bits per heavy atom. The Kier molecular flexibility index (Phi) is 1.81. The first-order valence-corrected chi connectivity index (χ1v) is 3.10. The van der Waals surface area contributed by atoms with Crippen LogP contribution >= 0.6 is 0 Å². The van der Waals surface area contributed by atoms with Gasteiger partial charge >= 0.3 is 0 Å². The molecular weight excluding hydrogens is 114 g/mol. The maximum Gasteiger partial charge on any atom is 0.120 e. The standard InChI is InChI=1S/C7H9NO/c8-5-7-2-1-6(7)3-4-9/h3,5-8H,1-2H2. The average molecular weight is 123 g/mol. The van der Waals surface area contributed by atoms with E-state index >= 15 is 0 Å². The average Bonchev–Trinajstić information content (AvgIpc) is 1.82. The van der Waals surface area contributed by atoms with Crippen LogP contribution in [0.15, 0.2) is 6.08 Å². The van der Waals surface area contributed by atoms with Gasteiger partial charge in [-0.05, 0) is 25.0 Å². The molecule has 0 aromatic rings. The highest BCUT2D eigenvalue weighted by molar-refractivity contribution is 5.61. The number of hydrogen-bond acceptors (Lipinski definition) is 2. The van der Waals surface area contributed by atoms with Crippen LogP contribution in [0.5, 0.6) is 0 Å². The Morgan fingerprint density at radius 1 is 1.44 bits per heavy atom. The Morgan fingerprint density at radius 3 is 2.44 bits per heavy atom. The molecule has 1 N–H and O–H groups in total. The predicted octanol–water partition coefficient (Wildman–Crippen LogP) is 1.05. The predicted molar refractivity (Wildman–Crippen MR) is 35.3 cm³/mol. The van der Waals surface area contributed by atoms with Crippen LogP contribution in [0.2, 0.25) is 0 Å². The van der Waals surface area contributed by atoms with Gasteiger partial charge in [-0.1, -0.05) is 0 Å². The third-order valence-electron chi connectivity index (χ3n) is 1.88. The molecule has 9 heavy (non-hydrogen) atoms. The molecule has 0 aliphatic heterocycles. The summed E-state index contributed by atoms with van der Waals surface area (Å²) in [6.45, 7) is 0. The van der Waals surface area contributed by atoms with Gasteiger partial charge in [-0.15, -0.1) is 0 Å². The summed E-state index contributed by atoms with van der Waals surface area (Å²) < 4.78 is 0. The maximum absolute atomic E-state index is 9.81. The summed E-state index contributed by atoms with van der Waals surface area (Å²) in [7, 11) is 0. The van der Waals surface area contributed by atoms with Crippen molar-refractivity contribution in [2.45, 2.75) is 12.8 Å². The SMILES string of the molecule is N=CC1CCC1C=C=O. The summed E-state index contributed by atoms with van der Waals surface area (Å²) >= 11 is 0. The first-order chi connectivity index (χ1) is 4.38. The fourth-order valence-electron chi connectivity index (χ4n) is 1.05. The van der Waals surface area contributed by atoms with E-state index in [1.54, 1.807) is 5.94 Å². The molecular formula is C7H9NO. The quantitative estimate of drug-likeness (QED) is 0.432. The third-order valence-corrected chi connectivity index (χ3v) is 1.88. The second kappa shape index (κ2) is 2.60. The van der Waals surface area contributed by atoms with E-state index in [2.05, 4.69) is 0 Å². The van der Waals surface area contributed by atoms with E-state index in [4.69, 9.17) is 5.41 Å². The van der Waals surface area contributed by atoms with E-state index < -0.39 is 0 Å². The number of hydrogen-bond donors (Lipinski definition) is 1. The van der Waals surface area contributed by atoms with Gasteiger partial charge in [0.2, 0.25) is 0 Å². The highest BCUT2D eigenvalue weighted by Crippen LogP contribution is 2.32. The number of carbonyl (C=O) groups excluding carboxylic acids is 1. The molecule has 2 unspecified atom stereocenters. The second-order valence-corrected chi connectivity index (χ2v) is 2.36. The van der Waals surface area contributed by atoms with Gasteiger partial charge in [0.05, 0.1) is 0 Å². The fraction of sp³-hybridized carbons (Fsp3) is 0.571. The maximum atomic E-state index is 9.81. The molecule has 0 amide bonds. The van der Waals surface area contributed by atoms with Crippen molar-refractivity contribution in [3.63, 3.8) is 0 Å². The van der Waals surface area contributed by atoms with E-state index in [9.17, 15) is 4.79 Å². The van der Waals surface area contributed by atoms with Crippen molar-refractivity contribution in [2.24, 2.45) is 11.8 Å². The van der Waals surface area contributed by atoms with Crippen molar-refractivity contribution < 1.29 is 4.79 Å². The molecule has 2 heteroatoms. The molecule has 0 aromatic heterocycles.